The Morgan fingerprint density at radius 1 is 1.21 bits per heavy atom. The monoisotopic (exact) mass is 263 g/mol. The van der Waals surface area contributed by atoms with Crippen LogP contribution in [0.1, 0.15) is 45.7 Å². The molecule has 1 aromatic carbocycles. The van der Waals surface area contributed by atoms with E-state index in [2.05, 4.69) is 39.8 Å². The molecule has 106 valence electrons. The van der Waals surface area contributed by atoms with Crippen LogP contribution in [-0.2, 0) is 10.2 Å². The number of hydrogen-bond donors (Lipinski definition) is 0. The molecular formula is C16H25NO2. The van der Waals surface area contributed by atoms with Crippen LogP contribution >= 0.6 is 0 Å². The Morgan fingerprint density at radius 2 is 1.84 bits per heavy atom. The molecule has 3 heteroatoms. The Bertz CT molecular complexity index is 447. The molecule has 0 aliphatic heterocycles. The van der Waals surface area contributed by atoms with E-state index in [-0.39, 0.29) is 11.5 Å². The fourth-order valence-electron chi connectivity index (χ4n) is 1.97. The zero-order chi connectivity index (χ0) is 14.6. The molecule has 1 rings (SSSR count). The first-order valence-corrected chi connectivity index (χ1v) is 6.86. The van der Waals surface area contributed by atoms with Gasteiger partial charge in [-0.05, 0) is 49.4 Å². The minimum absolute atomic E-state index is 0.0643. The van der Waals surface area contributed by atoms with Crippen LogP contribution in [0, 0.1) is 6.92 Å². The van der Waals surface area contributed by atoms with Gasteiger partial charge in [-0.25, -0.2) is 4.79 Å². The van der Waals surface area contributed by atoms with Gasteiger partial charge in [-0.1, -0.05) is 26.8 Å². The van der Waals surface area contributed by atoms with Gasteiger partial charge in [0, 0.05) is 12.2 Å². The summed E-state index contributed by atoms with van der Waals surface area (Å²) in [5, 5.41) is 0. The maximum atomic E-state index is 12.0. The second-order valence-corrected chi connectivity index (χ2v) is 5.75. The normalized spacial score (nSPS) is 11.3. The Kier molecular flexibility index (Phi) is 4.98. The summed E-state index contributed by atoms with van der Waals surface area (Å²) in [5.74, 6) is 0. The van der Waals surface area contributed by atoms with Crippen LogP contribution in [0.2, 0.25) is 0 Å². The lowest BCUT2D eigenvalue weighted by Gasteiger charge is -2.25. The maximum absolute atomic E-state index is 12.0. The Hall–Kier alpha value is -1.51. The summed E-state index contributed by atoms with van der Waals surface area (Å²) in [6, 6.07) is 6.27. The van der Waals surface area contributed by atoms with E-state index in [4.69, 9.17) is 4.74 Å². The van der Waals surface area contributed by atoms with Gasteiger partial charge < -0.3 is 4.74 Å². The highest BCUT2D eigenvalue weighted by atomic mass is 16.6. The molecular weight excluding hydrogens is 238 g/mol. The number of benzene rings is 1. The van der Waals surface area contributed by atoms with Crippen molar-refractivity contribution in [2.75, 3.05) is 18.1 Å². The van der Waals surface area contributed by atoms with Gasteiger partial charge in [-0.2, -0.15) is 0 Å². The van der Waals surface area contributed by atoms with Crippen LogP contribution in [0.25, 0.3) is 0 Å². The van der Waals surface area contributed by atoms with E-state index in [0.717, 1.165) is 11.3 Å². The lowest BCUT2D eigenvalue weighted by atomic mass is 9.86. The molecule has 0 saturated heterocycles. The summed E-state index contributed by atoms with van der Waals surface area (Å²) in [7, 11) is 0. The van der Waals surface area contributed by atoms with Crippen molar-refractivity contribution in [1.29, 1.82) is 0 Å². The van der Waals surface area contributed by atoms with Crippen LogP contribution in [0.5, 0.6) is 0 Å². The average molecular weight is 263 g/mol. The molecule has 0 saturated carbocycles. The van der Waals surface area contributed by atoms with Crippen molar-refractivity contribution < 1.29 is 9.53 Å². The van der Waals surface area contributed by atoms with E-state index in [1.165, 1.54) is 5.56 Å². The second-order valence-electron chi connectivity index (χ2n) is 5.75. The van der Waals surface area contributed by atoms with E-state index in [9.17, 15) is 4.79 Å². The molecule has 0 bridgehead atoms. The maximum Gasteiger partial charge on any atom is 0.414 e. The van der Waals surface area contributed by atoms with Gasteiger partial charge in [0.1, 0.15) is 0 Å². The Labute approximate surface area is 116 Å². The quantitative estimate of drug-likeness (QED) is 0.814. The summed E-state index contributed by atoms with van der Waals surface area (Å²) in [6.45, 7) is 13.3. The van der Waals surface area contributed by atoms with Gasteiger partial charge in [0.25, 0.3) is 0 Å². The van der Waals surface area contributed by atoms with Gasteiger partial charge in [0.05, 0.1) is 6.61 Å². The number of ether oxygens (including phenoxy) is 1. The van der Waals surface area contributed by atoms with Crippen molar-refractivity contribution in [2.24, 2.45) is 0 Å². The largest absolute Gasteiger partial charge is 0.449 e. The molecule has 0 heterocycles. The van der Waals surface area contributed by atoms with Gasteiger partial charge in [0.2, 0.25) is 0 Å². The first-order valence-electron chi connectivity index (χ1n) is 6.86. The molecule has 0 atom stereocenters. The standard InChI is InChI=1S/C16H25NO2/c1-7-17(15(18)19-8-2)14-10-12(3)9-13(11-14)16(4,5)6/h9-11H,7-8H2,1-6H3. The van der Waals surface area contributed by atoms with Crippen LogP contribution in [0.4, 0.5) is 10.5 Å². The number of amides is 1. The minimum atomic E-state index is -0.282. The van der Waals surface area contributed by atoms with Crippen LogP contribution in [-0.4, -0.2) is 19.2 Å². The summed E-state index contributed by atoms with van der Waals surface area (Å²) in [5.41, 5.74) is 3.36. The molecule has 0 spiro atoms. The fourth-order valence-corrected chi connectivity index (χ4v) is 1.97. The minimum Gasteiger partial charge on any atom is -0.449 e. The molecule has 19 heavy (non-hydrogen) atoms. The highest BCUT2D eigenvalue weighted by Crippen LogP contribution is 2.28. The van der Waals surface area contributed by atoms with E-state index in [1.807, 2.05) is 19.9 Å². The van der Waals surface area contributed by atoms with Crippen molar-refractivity contribution in [2.45, 2.75) is 47.0 Å². The number of hydrogen-bond acceptors (Lipinski definition) is 2. The lowest BCUT2D eigenvalue weighted by molar-refractivity contribution is 0.160. The number of aryl methyl sites for hydroxylation is 1. The predicted octanol–water partition coefficient (Wildman–Crippen LogP) is 4.28. The number of carbonyl (C=O) groups excluding carboxylic acids is 1. The van der Waals surface area contributed by atoms with E-state index in [1.54, 1.807) is 4.90 Å². The summed E-state index contributed by atoms with van der Waals surface area (Å²) < 4.78 is 5.10. The average Bonchev–Trinajstić information content (AvgIpc) is 2.28. The molecule has 0 N–H and O–H groups in total. The number of carbonyl (C=O) groups is 1. The van der Waals surface area contributed by atoms with Crippen molar-refractivity contribution in [3.05, 3.63) is 29.3 Å². The smallest absolute Gasteiger partial charge is 0.414 e. The number of rotatable bonds is 3. The highest BCUT2D eigenvalue weighted by molar-refractivity contribution is 5.87. The van der Waals surface area contributed by atoms with Crippen LogP contribution < -0.4 is 4.90 Å². The molecule has 1 amide bonds. The van der Waals surface area contributed by atoms with Gasteiger partial charge in [-0.15, -0.1) is 0 Å². The summed E-state index contributed by atoms with van der Waals surface area (Å²) in [6.07, 6.45) is -0.282. The third-order valence-corrected chi connectivity index (χ3v) is 3.04. The summed E-state index contributed by atoms with van der Waals surface area (Å²) >= 11 is 0. The Balaban J connectivity index is 3.18. The number of nitrogens with zero attached hydrogens (tertiary/aromatic N) is 1. The fraction of sp³-hybridized carbons (Fsp3) is 0.562. The first-order chi connectivity index (χ1) is 8.79. The van der Waals surface area contributed by atoms with Crippen molar-refractivity contribution in [3.8, 4) is 0 Å². The Morgan fingerprint density at radius 3 is 2.32 bits per heavy atom. The molecule has 0 fully saturated rings. The number of anilines is 1. The van der Waals surface area contributed by atoms with Crippen LogP contribution in [0.3, 0.4) is 0 Å². The van der Waals surface area contributed by atoms with E-state index < -0.39 is 0 Å². The van der Waals surface area contributed by atoms with Gasteiger partial charge >= 0.3 is 6.09 Å². The third kappa shape index (κ3) is 3.98. The molecule has 0 unspecified atom stereocenters. The second kappa shape index (κ2) is 6.09. The molecule has 0 radical (unpaired) electrons. The molecule has 0 aliphatic carbocycles. The zero-order valence-electron chi connectivity index (χ0n) is 12.9. The first kappa shape index (κ1) is 15.5. The molecule has 1 aromatic rings. The molecule has 0 aromatic heterocycles. The molecule has 3 nitrogen and oxygen atoms in total. The van der Waals surface area contributed by atoms with Crippen molar-refractivity contribution >= 4 is 11.8 Å². The van der Waals surface area contributed by atoms with Crippen LogP contribution in [0.15, 0.2) is 18.2 Å². The van der Waals surface area contributed by atoms with Crippen molar-refractivity contribution in [3.63, 3.8) is 0 Å². The SMILES string of the molecule is CCOC(=O)N(CC)c1cc(C)cc(C(C)(C)C)c1. The van der Waals surface area contributed by atoms with Gasteiger partial charge in [-0.3, -0.25) is 4.90 Å². The van der Waals surface area contributed by atoms with E-state index >= 15 is 0 Å². The van der Waals surface area contributed by atoms with Crippen molar-refractivity contribution in [1.82, 2.24) is 0 Å². The lowest BCUT2D eigenvalue weighted by Crippen LogP contribution is -2.31. The third-order valence-electron chi connectivity index (χ3n) is 3.04. The highest BCUT2D eigenvalue weighted by Gasteiger charge is 2.19. The van der Waals surface area contributed by atoms with Gasteiger partial charge in [0.15, 0.2) is 0 Å². The molecule has 0 aliphatic rings. The summed E-state index contributed by atoms with van der Waals surface area (Å²) in [4.78, 5) is 13.6. The van der Waals surface area contributed by atoms with E-state index in [0.29, 0.717) is 13.2 Å². The predicted molar refractivity (Wildman–Crippen MR) is 79.9 cm³/mol. The topological polar surface area (TPSA) is 29.5 Å². The zero-order valence-corrected chi connectivity index (χ0v) is 12.9.